The first-order valence-corrected chi connectivity index (χ1v) is 9.71. The summed E-state index contributed by atoms with van der Waals surface area (Å²) in [4.78, 5) is 12.6. The molecule has 8 heteroatoms. The number of amides is 1. The number of anilines is 1. The summed E-state index contributed by atoms with van der Waals surface area (Å²) in [6.45, 7) is 7.79. The molecule has 1 amide bonds. The second kappa shape index (κ2) is 8.10. The van der Waals surface area contributed by atoms with Crippen LogP contribution >= 0.6 is 23.4 Å². The van der Waals surface area contributed by atoms with E-state index in [-0.39, 0.29) is 11.2 Å². The molecule has 6 nitrogen and oxygen atoms in total. The fraction of sp³-hybridized carbons (Fsp3) is 0.263. The number of rotatable bonds is 5. The molecule has 140 valence electrons. The highest BCUT2D eigenvalue weighted by molar-refractivity contribution is 8.00. The van der Waals surface area contributed by atoms with Crippen molar-refractivity contribution >= 4 is 35.0 Å². The van der Waals surface area contributed by atoms with E-state index < -0.39 is 0 Å². The van der Waals surface area contributed by atoms with Gasteiger partial charge in [-0.15, -0.1) is 5.10 Å². The molecule has 1 N–H and O–H groups in total. The lowest BCUT2D eigenvalue weighted by atomic mass is 10.1. The van der Waals surface area contributed by atoms with Gasteiger partial charge >= 0.3 is 0 Å². The van der Waals surface area contributed by atoms with Crippen molar-refractivity contribution in [3.05, 3.63) is 58.1 Å². The van der Waals surface area contributed by atoms with E-state index in [2.05, 4.69) is 27.8 Å². The molecule has 3 rings (SSSR count). The van der Waals surface area contributed by atoms with Gasteiger partial charge in [-0.25, -0.2) is 0 Å². The Morgan fingerprint density at radius 3 is 2.70 bits per heavy atom. The van der Waals surface area contributed by atoms with E-state index in [4.69, 9.17) is 11.6 Å². The summed E-state index contributed by atoms with van der Waals surface area (Å²) in [5.74, 6) is -0.139. The molecule has 0 spiro atoms. The van der Waals surface area contributed by atoms with Gasteiger partial charge in [-0.05, 0) is 79.1 Å². The Hall–Kier alpha value is -2.38. The van der Waals surface area contributed by atoms with Crippen LogP contribution in [-0.2, 0) is 4.79 Å². The molecule has 0 aliphatic carbocycles. The minimum atomic E-state index is -0.389. The highest BCUT2D eigenvalue weighted by Crippen LogP contribution is 2.27. The normalized spacial score (nSPS) is 12.0. The van der Waals surface area contributed by atoms with Gasteiger partial charge in [0.25, 0.3) is 0 Å². The van der Waals surface area contributed by atoms with Gasteiger partial charge in [0.2, 0.25) is 11.1 Å². The summed E-state index contributed by atoms with van der Waals surface area (Å²) in [5.41, 5.74) is 4.76. The third kappa shape index (κ3) is 4.31. The maximum Gasteiger partial charge on any atom is 0.237 e. The Balaban J connectivity index is 1.76. The third-order valence-corrected chi connectivity index (χ3v) is 5.80. The first-order valence-electron chi connectivity index (χ1n) is 8.45. The third-order valence-electron chi connectivity index (χ3n) is 4.35. The minimum absolute atomic E-state index is 0.139. The van der Waals surface area contributed by atoms with Crippen LogP contribution in [0.5, 0.6) is 0 Å². The van der Waals surface area contributed by atoms with E-state index in [1.165, 1.54) is 17.3 Å². The molecule has 2 aromatic carbocycles. The van der Waals surface area contributed by atoms with Crippen molar-refractivity contribution in [2.75, 3.05) is 5.32 Å². The Labute approximate surface area is 167 Å². The number of carbonyl (C=O) groups excluding carboxylic acids is 1. The van der Waals surface area contributed by atoms with E-state index in [1.54, 1.807) is 10.7 Å². The molecular weight excluding hydrogens is 382 g/mol. The Kier molecular flexibility index (Phi) is 5.82. The number of tetrazole rings is 1. The fourth-order valence-electron chi connectivity index (χ4n) is 2.46. The molecule has 0 aliphatic heterocycles. The lowest BCUT2D eigenvalue weighted by molar-refractivity contribution is -0.115. The molecule has 1 aromatic heterocycles. The van der Waals surface area contributed by atoms with Crippen LogP contribution in [0.2, 0.25) is 5.02 Å². The molecule has 3 aromatic rings. The number of aromatic nitrogens is 4. The summed E-state index contributed by atoms with van der Waals surface area (Å²) in [7, 11) is 0. The second-order valence-electron chi connectivity index (χ2n) is 6.30. The van der Waals surface area contributed by atoms with E-state index in [0.717, 1.165) is 16.8 Å². The topological polar surface area (TPSA) is 72.7 Å². The van der Waals surface area contributed by atoms with Crippen molar-refractivity contribution in [1.29, 1.82) is 0 Å². The molecule has 0 fully saturated rings. The monoisotopic (exact) mass is 401 g/mol. The lowest BCUT2D eigenvalue weighted by Gasteiger charge is -2.14. The number of thioether (sulfide) groups is 1. The predicted octanol–water partition coefficient (Wildman–Crippen LogP) is 4.36. The van der Waals surface area contributed by atoms with E-state index in [0.29, 0.717) is 15.9 Å². The number of carbonyl (C=O) groups is 1. The van der Waals surface area contributed by atoms with Gasteiger partial charge in [0, 0.05) is 10.7 Å². The maximum absolute atomic E-state index is 12.6. The maximum atomic E-state index is 12.6. The van der Waals surface area contributed by atoms with Crippen molar-refractivity contribution in [3.63, 3.8) is 0 Å². The Morgan fingerprint density at radius 2 is 1.96 bits per heavy atom. The van der Waals surface area contributed by atoms with Crippen LogP contribution in [0, 0.1) is 20.8 Å². The number of hydrogen-bond acceptors (Lipinski definition) is 5. The standard InChI is InChI=1S/C19H20ClN5OS/c1-11-8-9-15(10-12(11)2)25-19(22-23-24-25)27-14(4)18(26)21-17-7-5-6-16(20)13(17)3/h5-10,14H,1-4H3,(H,21,26)/t14-/m1/s1. The van der Waals surface area contributed by atoms with Gasteiger partial charge in [0.15, 0.2) is 0 Å². The summed E-state index contributed by atoms with van der Waals surface area (Å²) >= 11 is 7.42. The molecule has 0 aliphatic rings. The smallest absolute Gasteiger partial charge is 0.237 e. The van der Waals surface area contributed by atoms with Gasteiger partial charge in [-0.1, -0.05) is 35.5 Å². The zero-order valence-electron chi connectivity index (χ0n) is 15.5. The van der Waals surface area contributed by atoms with Crippen LogP contribution in [0.25, 0.3) is 5.69 Å². The Morgan fingerprint density at radius 1 is 1.19 bits per heavy atom. The summed E-state index contributed by atoms with van der Waals surface area (Å²) in [6, 6.07) is 11.4. The average Bonchev–Trinajstić information content (AvgIpc) is 3.09. The second-order valence-corrected chi connectivity index (χ2v) is 8.02. The van der Waals surface area contributed by atoms with E-state index >= 15 is 0 Å². The van der Waals surface area contributed by atoms with Crippen LogP contribution < -0.4 is 5.32 Å². The highest BCUT2D eigenvalue weighted by atomic mass is 35.5. The molecule has 0 unspecified atom stereocenters. The zero-order chi connectivity index (χ0) is 19.6. The fourth-order valence-corrected chi connectivity index (χ4v) is 3.44. The lowest BCUT2D eigenvalue weighted by Crippen LogP contribution is -2.23. The van der Waals surface area contributed by atoms with Crippen LogP contribution in [0.3, 0.4) is 0 Å². The molecule has 1 heterocycles. The quantitative estimate of drug-likeness (QED) is 0.643. The van der Waals surface area contributed by atoms with Crippen LogP contribution in [0.1, 0.15) is 23.6 Å². The average molecular weight is 402 g/mol. The minimum Gasteiger partial charge on any atom is -0.325 e. The van der Waals surface area contributed by atoms with Crippen LogP contribution in [0.15, 0.2) is 41.6 Å². The molecule has 1 atom stereocenters. The van der Waals surface area contributed by atoms with Crippen LogP contribution in [0.4, 0.5) is 5.69 Å². The van der Waals surface area contributed by atoms with E-state index in [9.17, 15) is 4.79 Å². The van der Waals surface area contributed by atoms with Gasteiger partial charge in [0.05, 0.1) is 10.9 Å². The molecule has 0 bridgehead atoms. The molecule has 0 saturated heterocycles. The molecule has 27 heavy (non-hydrogen) atoms. The number of nitrogens with one attached hydrogen (secondary N) is 1. The van der Waals surface area contributed by atoms with Crippen molar-refractivity contribution in [1.82, 2.24) is 20.2 Å². The zero-order valence-corrected chi connectivity index (χ0v) is 17.1. The first kappa shape index (κ1) is 19.4. The van der Waals surface area contributed by atoms with Crippen molar-refractivity contribution in [2.45, 2.75) is 38.1 Å². The highest BCUT2D eigenvalue weighted by Gasteiger charge is 2.20. The van der Waals surface area contributed by atoms with Crippen molar-refractivity contribution < 1.29 is 4.79 Å². The number of halogens is 1. The number of aryl methyl sites for hydroxylation is 2. The molecule has 0 radical (unpaired) electrons. The van der Waals surface area contributed by atoms with Gasteiger partial charge < -0.3 is 5.32 Å². The van der Waals surface area contributed by atoms with Crippen molar-refractivity contribution in [3.8, 4) is 5.69 Å². The number of nitrogens with zero attached hydrogens (tertiary/aromatic N) is 4. The summed E-state index contributed by atoms with van der Waals surface area (Å²) in [5, 5.41) is 15.6. The molecule has 0 saturated carbocycles. The van der Waals surface area contributed by atoms with Gasteiger partial charge in [-0.2, -0.15) is 4.68 Å². The summed E-state index contributed by atoms with van der Waals surface area (Å²) < 4.78 is 1.64. The predicted molar refractivity (Wildman–Crippen MR) is 109 cm³/mol. The van der Waals surface area contributed by atoms with E-state index in [1.807, 2.05) is 51.1 Å². The van der Waals surface area contributed by atoms with Gasteiger partial charge in [0.1, 0.15) is 0 Å². The largest absolute Gasteiger partial charge is 0.325 e. The van der Waals surface area contributed by atoms with Gasteiger partial charge in [-0.3, -0.25) is 4.79 Å². The summed E-state index contributed by atoms with van der Waals surface area (Å²) in [6.07, 6.45) is 0. The number of hydrogen-bond donors (Lipinski definition) is 1. The van der Waals surface area contributed by atoms with Crippen LogP contribution in [-0.4, -0.2) is 31.4 Å². The Bertz CT molecular complexity index is 988. The first-order chi connectivity index (χ1) is 12.9. The molecular formula is C19H20ClN5OS. The number of benzene rings is 2. The SMILES string of the molecule is Cc1ccc(-n2nnnc2S[C@H](C)C(=O)Nc2cccc(Cl)c2C)cc1C. The van der Waals surface area contributed by atoms with Crippen molar-refractivity contribution in [2.24, 2.45) is 0 Å².